The van der Waals surface area contributed by atoms with Crippen molar-refractivity contribution in [3.8, 4) is 0 Å². The Morgan fingerprint density at radius 3 is 2.53 bits per heavy atom. The van der Waals surface area contributed by atoms with Gasteiger partial charge in [0.15, 0.2) is 0 Å². The van der Waals surface area contributed by atoms with E-state index in [1.165, 1.54) is 11.1 Å². The monoisotopic (exact) mass is 233 g/mol. The minimum absolute atomic E-state index is 0.369. The van der Waals surface area contributed by atoms with Crippen molar-refractivity contribution in [1.29, 1.82) is 0 Å². The van der Waals surface area contributed by atoms with Crippen LogP contribution in [0.1, 0.15) is 37.3 Å². The molecule has 0 fully saturated rings. The molecule has 0 heterocycles. The Bertz CT molecular complexity index is 409. The summed E-state index contributed by atoms with van der Waals surface area (Å²) in [7, 11) is 0. The second-order valence-corrected chi connectivity index (χ2v) is 4.34. The molecule has 0 aliphatic rings. The van der Waals surface area contributed by atoms with E-state index in [2.05, 4.69) is 48.6 Å². The first-order valence-corrected chi connectivity index (χ1v) is 5.64. The highest BCUT2D eigenvalue weighted by Gasteiger charge is 2.07. The highest BCUT2D eigenvalue weighted by Crippen LogP contribution is 2.19. The van der Waals surface area contributed by atoms with Gasteiger partial charge in [-0.2, -0.15) is 5.10 Å². The maximum absolute atomic E-state index is 10.5. The molecule has 1 unspecified atom stereocenters. The van der Waals surface area contributed by atoms with Gasteiger partial charge in [0.2, 0.25) is 0 Å². The standard InChI is InChI=1S/C13H19N3O/c1-9-4-6-12(7-5-9)10(2)8-11(3)15-16-13(14)17/h4-7,10H,8H2,1-3H3,(H3,14,16,17). The number of carbonyl (C=O) groups excluding carboxylic acids is 1. The summed E-state index contributed by atoms with van der Waals surface area (Å²) in [5.74, 6) is 0.369. The summed E-state index contributed by atoms with van der Waals surface area (Å²) in [6.45, 7) is 6.08. The second-order valence-electron chi connectivity index (χ2n) is 4.34. The van der Waals surface area contributed by atoms with Crippen molar-refractivity contribution in [2.75, 3.05) is 0 Å². The van der Waals surface area contributed by atoms with Crippen LogP contribution in [0, 0.1) is 6.92 Å². The Morgan fingerprint density at radius 1 is 1.41 bits per heavy atom. The number of hydrazone groups is 1. The number of amides is 2. The number of aryl methyl sites for hydroxylation is 1. The lowest BCUT2D eigenvalue weighted by Gasteiger charge is -2.11. The molecule has 3 N–H and O–H groups in total. The Morgan fingerprint density at radius 2 is 2.00 bits per heavy atom. The molecule has 0 spiro atoms. The average Bonchev–Trinajstić information content (AvgIpc) is 2.27. The quantitative estimate of drug-likeness (QED) is 0.609. The fourth-order valence-electron chi connectivity index (χ4n) is 1.65. The molecule has 0 radical (unpaired) electrons. The fourth-order valence-corrected chi connectivity index (χ4v) is 1.65. The molecule has 0 aliphatic heterocycles. The van der Waals surface area contributed by atoms with Crippen LogP contribution in [-0.2, 0) is 0 Å². The van der Waals surface area contributed by atoms with E-state index in [4.69, 9.17) is 5.73 Å². The number of hydrogen-bond donors (Lipinski definition) is 2. The summed E-state index contributed by atoms with van der Waals surface area (Å²) >= 11 is 0. The molecule has 4 nitrogen and oxygen atoms in total. The van der Waals surface area contributed by atoms with Gasteiger partial charge < -0.3 is 5.73 Å². The predicted molar refractivity (Wildman–Crippen MR) is 70.0 cm³/mol. The molecule has 92 valence electrons. The topological polar surface area (TPSA) is 67.5 Å². The number of benzene rings is 1. The summed E-state index contributed by atoms with van der Waals surface area (Å²) in [5, 5.41) is 3.90. The van der Waals surface area contributed by atoms with Gasteiger partial charge in [0, 0.05) is 5.71 Å². The van der Waals surface area contributed by atoms with Crippen LogP contribution in [0.4, 0.5) is 4.79 Å². The molecule has 0 bridgehead atoms. The van der Waals surface area contributed by atoms with E-state index >= 15 is 0 Å². The zero-order valence-corrected chi connectivity index (χ0v) is 10.5. The predicted octanol–water partition coefficient (Wildman–Crippen LogP) is 2.53. The van der Waals surface area contributed by atoms with E-state index in [9.17, 15) is 4.79 Å². The van der Waals surface area contributed by atoms with Gasteiger partial charge in [0.1, 0.15) is 0 Å². The van der Waals surface area contributed by atoms with Gasteiger partial charge in [-0.1, -0.05) is 36.8 Å². The normalized spacial score (nSPS) is 13.2. The summed E-state index contributed by atoms with van der Waals surface area (Å²) in [6, 6.07) is 7.80. The van der Waals surface area contributed by atoms with Gasteiger partial charge >= 0.3 is 6.03 Å². The Hall–Kier alpha value is -1.84. The first kappa shape index (κ1) is 13.2. The van der Waals surface area contributed by atoms with Crippen molar-refractivity contribution < 1.29 is 4.79 Å². The van der Waals surface area contributed by atoms with Crippen LogP contribution in [0.5, 0.6) is 0 Å². The van der Waals surface area contributed by atoms with Gasteiger partial charge in [0.05, 0.1) is 0 Å². The number of nitrogens with two attached hydrogens (primary N) is 1. The second kappa shape index (κ2) is 6.03. The maximum atomic E-state index is 10.5. The van der Waals surface area contributed by atoms with E-state index in [-0.39, 0.29) is 0 Å². The highest BCUT2D eigenvalue weighted by atomic mass is 16.2. The average molecular weight is 233 g/mol. The third-order valence-electron chi connectivity index (χ3n) is 2.60. The van der Waals surface area contributed by atoms with Gasteiger partial charge in [0.25, 0.3) is 0 Å². The van der Waals surface area contributed by atoms with Crippen LogP contribution in [0.2, 0.25) is 0 Å². The lowest BCUT2D eigenvalue weighted by molar-refractivity contribution is 0.249. The molecule has 0 aromatic heterocycles. The molecule has 17 heavy (non-hydrogen) atoms. The van der Waals surface area contributed by atoms with Gasteiger partial charge in [-0.3, -0.25) is 0 Å². The molecule has 0 aliphatic carbocycles. The molecule has 1 aromatic rings. The Balaban J connectivity index is 2.59. The van der Waals surface area contributed by atoms with Crippen molar-refractivity contribution in [3.63, 3.8) is 0 Å². The summed E-state index contributed by atoms with van der Waals surface area (Å²) in [6.07, 6.45) is 0.795. The molecule has 0 saturated heterocycles. The largest absolute Gasteiger partial charge is 0.350 e. The number of carbonyl (C=O) groups is 1. The van der Waals surface area contributed by atoms with Crippen LogP contribution >= 0.6 is 0 Å². The third-order valence-corrected chi connectivity index (χ3v) is 2.60. The summed E-state index contributed by atoms with van der Waals surface area (Å²) < 4.78 is 0. The number of nitrogens with one attached hydrogen (secondary N) is 1. The molecule has 0 saturated carbocycles. The number of nitrogens with zero attached hydrogens (tertiary/aromatic N) is 1. The van der Waals surface area contributed by atoms with Crippen LogP contribution in [0.15, 0.2) is 29.4 Å². The summed E-state index contributed by atoms with van der Waals surface area (Å²) in [5.41, 5.74) is 10.6. The first-order chi connectivity index (χ1) is 7.99. The highest BCUT2D eigenvalue weighted by molar-refractivity contribution is 5.84. The molecular weight excluding hydrogens is 214 g/mol. The Kier molecular flexibility index (Phi) is 4.69. The number of urea groups is 1. The number of rotatable bonds is 4. The van der Waals surface area contributed by atoms with Gasteiger partial charge in [-0.25, -0.2) is 10.2 Å². The minimum atomic E-state index is -0.632. The zero-order valence-electron chi connectivity index (χ0n) is 10.5. The molecule has 1 rings (SSSR count). The number of primary amides is 1. The van der Waals surface area contributed by atoms with Crippen LogP contribution < -0.4 is 11.2 Å². The SMILES string of the molecule is CC(CC(C)c1ccc(C)cc1)=NNC(N)=O. The van der Waals surface area contributed by atoms with Crippen molar-refractivity contribution in [3.05, 3.63) is 35.4 Å². The fraction of sp³-hybridized carbons (Fsp3) is 0.385. The minimum Gasteiger partial charge on any atom is -0.350 e. The molecular formula is C13H19N3O. The molecule has 4 heteroatoms. The Labute approximate surface area is 102 Å². The molecule has 2 amide bonds. The summed E-state index contributed by atoms with van der Waals surface area (Å²) in [4.78, 5) is 10.5. The van der Waals surface area contributed by atoms with E-state index in [0.717, 1.165) is 12.1 Å². The van der Waals surface area contributed by atoms with Crippen LogP contribution in [-0.4, -0.2) is 11.7 Å². The van der Waals surface area contributed by atoms with E-state index in [1.54, 1.807) is 0 Å². The zero-order chi connectivity index (χ0) is 12.8. The van der Waals surface area contributed by atoms with E-state index in [0.29, 0.717) is 5.92 Å². The third kappa shape index (κ3) is 4.68. The van der Waals surface area contributed by atoms with Gasteiger partial charge in [-0.15, -0.1) is 0 Å². The number of hydrogen-bond acceptors (Lipinski definition) is 2. The van der Waals surface area contributed by atoms with Crippen LogP contribution in [0.25, 0.3) is 0 Å². The van der Waals surface area contributed by atoms with E-state index in [1.807, 2.05) is 6.92 Å². The molecule has 1 atom stereocenters. The van der Waals surface area contributed by atoms with Crippen molar-refractivity contribution in [2.45, 2.75) is 33.1 Å². The lowest BCUT2D eigenvalue weighted by Crippen LogP contribution is -2.25. The van der Waals surface area contributed by atoms with Crippen molar-refractivity contribution >= 4 is 11.7 Å². The van der Waals surface area contributed by atoms with E-state index < -0.39 is 6.03 Å². The molecule has 1 aromatic carbocycles. The maximum Gasteiger partial charge on any atom is 0.332 e. The smallest absolute Gasteiger partial charge is 0.332 e. The van der Waals surface area contributed by atoms with Crippen molar-refractivity contribution in [2.24, 2.45) is 10.8 Å². The van der Waals surface area contributed by atoms with Gasteiger partial charge in [-0.05, 0) is 31.7 Å². The lowest BCUT2D eigenvalue weighted by atomic mass is 9.95. The van der Waals surface area contributed by atoms with Crippen LogP contribution in [0.3, 0.4) is 0 Å². The first-order valence-electron chi connectivity index (χ1n) is 5.64. The van der Waals surface area contributed by atoms with Crippen molar-refractivity contribution in [1.82, 2.24) is 5.43 Å².